The van der Waals surface area contributed by atoms with Crippen LogP contribution in [0.5, 0.6) is 0 Å². The minimum Gasteiger partial charge on any atom is -0.376 e. The molecular weight excluding hydrogens is 389 g/mol. The molecule has 0 saturated carbocycles. The quantitative estimate of drug-likeness (QED) is 0.747. The van der Waals surface area contributed by atoms with Gasteiger partial charge >= 0.3 is 6.18 Å². The van der Waals surface area contributed by atoms with Crippen LogP contribution in [0.25, 0.3) is 0 Å². The molecule has 1 aliphatic heterocycles. The van der Waals surface area contributed by atoms with Gasteiger partial charge in [-0.05, 0) is 34.8 Å². The second-order valence-electron chi connectivity index (χ2n) is 5.60. The van der Waals surface area contributed by atoms with Crippen molar-refractivity contribution in [1.82, 2.24) is 9.88 Å². The van der Waals surface area contributed by atoms with E-state index in [1.807, 2.05) is 0 Å². The van der Waals surface area contributed by atoms with Crippen LogP contribution in [0.1, 0.15) is 41.7 Å². The van der Waals surface area contributed by atoms with Crippen molar-refractivity contribution in [2.24, 2.45) is 0 Å². The summed E-state index contributed by atoms with van der Waals surface area (Å²) in [6.45, 7) is 0.00528. The van der Waals surface area contributed by atoms with Crippen molar-refractivity contribution in [3.05, 3.63) is 23.5 Å². The van der Waals surface area contributed by atoms with E-state index in [0.717, 1.165) is 25.7 Å². The molecule has 132 valence electrons. The number of amides is 1. The number of carbonyl (C=O) groups excluding carboxylic acids is 1. The summed E-state index contributed by atoms with van der Waals surface area (Å²) in [5, 5.41) is 9.81. The fourth-order valence-corrected chi connectivity index (χ4v) is 2.84. The van der Waals surface area contributed by atoms with Crippen molar-refractivity contribution in [3.63, 3.8) is 0 Å². The molecule has 2 heterocycles. The molecule has 9 heteroatoms. The first-order chi connectivity index (χ1) is 11.3. The zero-order chi connectivity index (χ0) is 17.7. The fraction of sp³-hybridized carbons (Fsp3) is 0.533. The van der Waals surface area contributed by atoms with Crippen molar-refractivity contribution >= 4 is 32.1 Å². The van der Waals surface area contributed by atoms with E-state index in [9.17, 15) is 18.0 Å². The molecule has 0 unspecified atom stereocenters. The van der Waals surface area contributed by atoms with Crippen molar-refractivity contribution in [3.8, 4) is 0 Å². The van der Waals surface area contributed by atoms with Gasteiger partial charge in [0.1, 0.15) is 16.9 Å². The van der Waals surface area contributed by atoms with Gasteiger partial charge in [-0.1, -0.05) is 12.8 Å². The standard InChI is InChI=1S/C15H18BrF3N4O/c16-13(20)10-8-21-12(7-11(10)22-9-15(17,18)19)14(24)23-5-3-1-2-4-6-23/h7-8,20H,1-6,9H2,(H,21,22). The van der Waals surface area contributed by atoms with Gasteiger partial charge in [0, 0.05) is 30.5 Å². The third kappa shape index (κ3) is 5.19. The number of pyridine rings is 1. The summed E-state index contributed by atoms with van der Waals surface area (Å²) in [5.74, 6) is -0.292. The number of nitrogens with one attached hydrogen (secondary N) is 2. The predicted octanol–water partition coefficient (Wildman–Crippen LogP) is 3.79. The number of rotatable bonds is 4. The minimum absolute atomic E-state index is 0.0578. The Morgan fingerprint density at radius 2 is 1.92 bits per heavy atom. The maximum Gasteiger partial charge on any atom is 0.405 e. The van der Waals surface area contributed by atoms with Gasteiger partial charge in [-0.2, -0.15) is 13.2 Å². The summed E-state index contributed by atoms with van der Waals surface area (Å²) in [6.07, 6.45) is 0.791. The number of alkyl halides is 3. The van der Waals surface area contributed by atoms with Crippen molar-refractivity contribution < 1.29 is 18.0 Å². The van der Waals surface area contributed by atoms with Gasteiger partial charge in [0.2, 0.25) is 0 Å². The number of carbonyl (C=O) groups is 1. The minimum atomic E-state index is -4.40. The summed E-state index contributed by atoms with van der Waals surface area (Å²) >= 11 is 2.93. The molecule has 1 saturated heterocycles. The molecule has 2 N–H and O–H groups in total. The lowest BCUT2D eigenvalue weighted by Crippen LogP contribution is -2.32. The van der Waals surface area contributed by atoms with Crippen molar-refractivity contribution in [2.75, 3.05) is 25.0 Å². The Kier molecular flexibility index (Phi) is 6.20. The first-order valence-corrected chi connectivity index (χ1v) is 8.41. The van der Waals surface area contributed by atoms with Crippen LogP contribution in [0, 0.1) is 5.41 Å². The molecular formula is C15H18BrF3N4O. The highest BCUT2D eigenvalue weighted by atomic mass is 79.9. The molecule has 1 fully saturated rings. The summed E-state index contributed by atoms with van der Waals surface area (Å²) in [7, 11) is 0. The van der Waals surface area contributed by atoms with Crippen LogP contribution >= 0.6 is 15.9 Å². The molecule has 1 aliphatic rings. The van der Waals surface area contributed by atoms with Crippen LogP contribution in [0.15, 0.2) is 12.3 Å². The van der Waals surface area contributed by atoms with E-state index >= 15 is 0 Å². The van der Waals surface area contributed by atoms with E-state index in [0.29, 0.717) is 13.1 Å². The number of halogens is 4. The normalized spacial score (nSPS) is 15.8. The maximum atomic E-state index is 12.5. The Bertz CT molecular complexity index is 613. The third-order valence-electron chi connectivity index (χ3n) is 3.73. The van der Waals surface area contributed by atoms with Crippen LogP contribution in [0.2, 0.25) is 0 Å². The van der Waals surface area contributed by atoms with E-state index < -0.39 is 12.7 Å². The lowest BCUT2D eigenvalue weighted by Gasteiger charge is -2.20. The Morgan fingerprint density at radius 3 is 2.46 bits per heavy atom. The highest BCUT2D eigenvalue weighted by Gasteiger charge is 2.28. The second-order valence-corrected chi connectivity index (χ2v) is 6.40. The average Bonchev–Trinajstić information content (AvgIpc) is 2.80. The first kappa shape index (κ1) is 18.7. The molecule has 0 radical (unpaired) electrons. The number of hydrogen-bond donors (Lipinski definition) is 2. The van der Waals surface area contributed by atoms with E-state index in [2.05, 4.69) is 26.2 Å². The average molecular weight is 407 g/mol. The summed E-state index contributed by atoms with van der Waals surface area (Å²) < 4.78 is 37.2. The topological polar surface area (TPSA) is 69.1 Å². The Labute approximate surface area is 146 Å². The van der Waals surface area contributed by atoms with Crippen LogP contribution in [0.3, 0.4) is 0 Å². The highest BCUT2D eigenvalue weighted by molar-refractivity contribution is 9.18. The Balaban J connectivity index is 2.23. The third-order valence-corrected chi connectivity index (χ3v) is 4.16. The molecule has 1 amide bonds. The molecule has 0 aliphatic carbocycles. The molecule has 0 bridgehead atoms. The smallest absolute Gasteiger partial charge is 0.376 e. The lowest BCUT2D eigenvalue weighted by atomic mass is 10.2. The number of hydrogen-bond acceptors (Lipinski definition) is 4. The summed E-state index contributed by atoms with van der Waals surface area (Å²) in [5.41, 5.74) is 0.313. The van der Waals surface area contributed by atoms with Gasteiger partial charge in [0.25, 0.3) is 5.91 Å². The van der Waals surface area contributed by atoms with Crippen LogP contribution < -0.4 is 5.32 Å². The van der Waals surface area contributed by atoms with Gasteiger partial charge in [0.05, 0.1) is 0 Å². The van der Waals surface area contributed by atoms with E-state index in [-0.39, 0.29) is 27.5 Å². The molecule has 0 aromatic carbocycles. The largest absolute Gasteiger partial charge is 0.405 e. The van der Waals surface area contributed by atoms with Crippen LogP contribution in [0.4, 0.5) is 18.9 Å². The van der Waals surface area contributed by atoms with Gasteiger partial charge in [-0.3, -0.25) is 15.2 Å². The maximum absolute atomic E-state index is 12.5. The van der Waals surface area contributed by atoms with Crippen LogP contribution in [-0.4, -0.2) is 46.2 Å². The zero-order valence-corrected chi connectivity index (χ0v) is 14.5. The van der Waals surface area contributed by atoms with Gasteiger partial charge < -0.3 is 10.2 Å². The first-order valence-electron chi connectivity index (χ1n) is 7.62. The molecule has 24 heavy (non-hydrogen) atoms. The molecule has 0 atom stereocenters. The molecule has 1 aromatic rings. The summed E-state index contributed by atoms with van der Waals surface area (Å²) in [4.78, 5) is 18.2. The highest BCUT2D eigenvalue weighted by Crippen LogP contribution is 2.23. The van der Waals surface area contributed by atoms with E-state index in [1.165, 1.54) is 12.3 Å². The predicted molar refractivity (Wildman–Crippen MR) is 88.9 cm³/mol. The molecule has 1 aromatic heterocycles. The van der Waals surface area contributed by atoms with Gasteiger partial charge in [-0.25, -0.2) is 0 Å². The van der Waals surface area contributed by atoms with E-state index in [4.69, 9.17) is 5.41 Å². The Hall–Kier alpha value is -1.64. The molecule has 0 spiro atoms. The fourth-order valence-electron chi connectivity index (χ4n) is 2.52. The molecule has 2 rings (SSSR count). The van der Waals surface area contributed by atoms with Gasteiger partial charge in [-0.15, -0.1) is 0 Å². The monoisotopic (exact) mass is 406 g/mol. The number of likely N-dealkylation sites (tertiary alicyclic amines) is 1. The molecule has 5 nitrogen and oxygen atoms in total. The zero-order valence-electron chi connectivity index (χ0n) is 12.9. The Morgan fingerprint density at radius 1 is 1.29 bits per heavy atom. The number of anilines is 1. The van der Waals surface area contributed by atoms with Crippen LogP contribution in [-0.2, 0) is 0 Å². The second kappa shape index (κ2) is 7.96. The number of aromatic nitrogens is 1. The lowest BCUT2D eigenvalue weighted by molar-refractivity contribution is -0.115. The SMILES string of the molecule is N=C(Br)c1cnc(C(=O)N2CCCCCC2)cc1NCC(F)(F)F. The van der Waals surface area contributed by atoms with E-state index in [1.54, 1.807) is 4.90 Å². The van der Waals surface area contributed by atoms with Crippen molar-refractivity contribution in [2.45, 2.75) is 31.9 Å². The van der Waals surface area contributed by atoms with Gasteiger partial charge in [0.15, 0.2) is 0 Å². The number of nitrogens with zero attached hydrogens (tertiary/aromatic N) is 2. The van der Waals surface area contributed by atoms with Crippen molar-refractivity contribution in [1.29, 1.82) is 5.41 Å². The summed E-state index contributed by atoms with van der Waals surface area (Å²) in [6, 6.07) is 1.28.